The molecule has 1 aromatic carbocycles. The molecule has 2 atom stereocenters. The Morgan fingerprint density at radius 3 is 2.63 bits per heavy atom. The topological polar surface area (TPSA) is 62.5 Å². The highest BCUT2D eigenvalue weighted by atomic mass is 32.2. The number of carbonyl (C=O) groups is 2. The molecule has 0 saturated carbocycles. The van der Waals surface area contributed by atoms with E-state index in [4.69, 9.17) is 0 Å². The van der Waals surface area contributed by atoms with Crippen LogP contribution in [-0.2, 0) is 4.79 Å². The first-order valence-corrected chi connectivity index (χ1v) is 10.4. The molecule has 1 N–H and O–H groups in total. The summed E-state index contributed by atoms with van der Waals surface area (Å²) >= 11 is 1.71. The Balaban J connectivity index is 1.91. The molecule has 5 nitrogen and oxygen atoms in total. The molecule has 2 heterocycles. The molecule has 27 heavy (non-hydrogen) atoms. The fourth-order valence-corrected chi connectivity index (χ4v) is 4.98. The molecule has 2 aromatic rings. The molecule has 1 fully saturated rings. The lowest BCUT2D eigenvalue weighted by Gasteiger charge is -2.34. The first-order chi connectivity index (χ1) is 12.9. The van der Waals surface area contributed by atoms with E-state index in [1.807, 2.05) is 38.1 Å². The molecule has 1 aliphatic heterocycles. The van der Waals surface area contributed by atoms with Crippen LogP contribution >= 0.6 is 11.8 Å². The summed E-state index contributed by atoms with van der Waals surface area (Å²) in [5, 5.41) is 9.19. The van der Waals surface area contributed by atoms with E-state index >= 15 is 0 Å². The fourth-order valence-electron chi connectivity index (χ4n) is 3.92. The molecular formula is C21H26N2O3S. The Labute approximate surface area is 164 Å². The van der Waals surface area contributed by atoms with E-state index in [0.717, 1.165) is 17.1 Å². The number of aryl methyl sites for hydroxylation is 1. The quantitative estimate of drug-likeness (QED) is 0.850. The highest BCUT2D eigenvalue weighted by Crippen LogP contribution is 2.28. The van der Waals surface area contributed by atoms with Crippen molar-refractivity contribution in [1.29, 1.82) is 0 Å². The number of carbonyl (C=O) groups excluding carboxylic acids is 1. The SMILES string of the molecule is Cc1cc(C(=O)N2CCSCC2CC(=O)O)c(C)n1C(C)c1ccccc1. The van der Waals surface area contributed by atoms with Crippen molar-refractivity contribution < 1.29 is 14.7 Å². The van der Waals surface area contributed by atoms with Crippen LogP contribution in [0.15, 0.2) is 36.4 Å². The number of nitrogens with zero attached hydrogens (tertiary/aromatic N) is 2. The van der Waals surface area contributed by atoms with Crippen LogP contribution in [0, 0.1) is 13.8 Å². The standard InChI is InChI=1S/C21H26N2O3S/c1-14-11-19(16(3)23(14)15(2)17-7-5-4-6-8-17)21(26)22-9-10-27-13-18(22)12-20(24)25/h4-8,11,15,18H,9-10,12-13H2,1-3H3,(H,24,25). The molecule has 0 radical (unpaired) electrons. The molecule has 2 unspecified atom stereocenters. The molecular weight excluding hydrogens is 360 g/mol. The number of rotatable bonds is 5. The van der Waals surface area contributed by atoms with Crippen molar-refractivity contribution in [2.24, 2.45) is 0 Å². The van der Waals surface area contributed by atoms with Gasteiger partial charge in [-0.3, -0.25) is 9.59 Å². The minimum Gasteiger partial charge on any atom is -0.481 e. The van der Waals surface area contributed by atoms with Crippen molar-refractivity contribution in [2.75, 3.05) is 18.1 Å². The van der Waals surface area contributed by atoms with Gasteiger partial charge in [0, 0.05) is 29.4 Å². The summed E-state index contributed by atoms with van der Waals surface area (Å²) in [6.07, 6.45) is -0.00209. The van der Waals surface area contributed by atoms with Gasteiger partial charge in [-0.1, -0.05) is 30.3 Å². The van der Waals surface area contributed by atoms with Gasteiger partial charge in [-0.2, -0.15) is 11.8 Å². The normalized spacial score (nSPS) is 18.3. The van der Waals surface area contributed by atoms with Gasteiger partial charge in [0.05, 0.1) is 24.1 Å². The zero-order valence-electron chi connectivity index (χ0n) is 16.0. The van der Waals surface area contributed by atoms with Crippen LogP contribution in [-0.4, -0.2) is 50.5 Å². The van der Waals surface area contributed by atoms with Crippen molar-refractivity contribution in [1.82, 2.24) is 9.47 Å². The van der Waals surface area contributed by atoms with Crippen LogP contribution in [0.25, 0.3) is 0 Å². The van der Waals surface area contributed by atoms with Gasteiger partial charge in [0.15, 0.2) is 0 Å². The minimum absolute atomic E-state index is 0.00209. The number of carboxylic acids is 1. The van der Waals surface area contributed by atoms with Crippen LogP contribution < -0.4 is 0 Å². The number of carboxylic acid groups (broad SMARTS) is 1. The predicted octanol–water partition coefficient (Wildman–Crippen LogP) is 3.75. The summed E-state index contributed by atoms with van der Waals surface area (Å²) in [6.45, 7) is 6.72. The van der Waals surface area contributed by atoms with Crippen molar-refractivity contribution >= 4 is 23.6 Å². The smallest absolute Gasteiger partial charge is 0.305 e. The van der Waals surface area contributed by atoms with Crippen molar-refractivity contribution in [3.05, 3.63) is 58.9 Å². The van der Waals surface area contributed by atoms with E-state index < -0.39 is 5.97 Å². The first-order valence-electron chi connectivity index (χ1n) is 9.24. The highest BCUT2D eigenvalue weighted by Gasteiger charge is 2.31. The number of thioether (sulfide) groups is 1. The largest absolute Gasteiger partial charge is 0.481 e. The number of hydrogen-bond acceptors (Lipinski definition) is 3. The Kier molecular flexibility index (Phi) is 5.95. The number of benzene rings is 1. The van der Waals surface area contributed by atoms with Crippen LogP contribution in [0.4, 0.5) is 0 Å². The minimum atomic E-state index is -0.858. The lowest BCUT2D eigenvalue weighted by molar-refractivity contribution is -0.138. The van der Waals surface area contributed by atoms with Gasteiger partial charge in [0.2, 0.25) is 0 Å². The lowest BCUT2D eigenvalue weighted by atomic mass is 10.1. The maximum Gasteiger partial charge on any atom is 0.305 e. The van der Waals surface area contributed by atoms with Gasteiger partial charge < -0.3 is 14.6 Å². The zero-order valence-corrected chi connectivity index (χ0v) is 16.8. The van der Waals surface area contributed by atoms with Gasteiger partial charge in [-0.15, -0.1) is 0 Å². The van der Waals surface area contributed by atoms with E-state index in [0.29, 0.717) is 17.9 Å². The monoisotopic (exact) mass is 386 g/mol. The summed E-state index contributed by atoms with van der Waals surface area (Å²) in [5.74, 6) is 0.614. The van der Waals surface area contributed by atoms with Crippen molar-refractivity contribution in [2.45, 2.75) is 39.3 Å². The van der Waals surface area contributed by atoms with E-state index in [1.54, 1.807) is 16.7 Å². The zero-order chi connectivity index (χ0) is 19.6. The van der Waals surface area contributed by atoms with Gasteiger partial charge in [-0.25, -0.2) is 0 Å². The van der Waals surface area contributed by atoms with E-state index in [9.17, 15) is 14.7 Å². The van der Waals surface area contributed by atoms with Crippen molar-refractivity contribution in [3.63, 3.8) is 0 Å². The predicted molar refractivity (Wildman–Crippen MR) is 109 cm³/mol. The molecule has 0 spiro atoms. The summed E-state index contributed by atoms with van der Waals surface area (Å²) in [6, 6.07) is 12.0. The maximum atomic E-state index is 13.2. The number of aromatic nitrogens is 1. The molecule has 6 heteroatoms. The molecule has 1 saturated heterocycles. The van der Waals surface area contributed by atoms with Crippen LogP contribution in [0.5, 0.6) is 0 Å². The van der Waals surface area contributed by atoms with Gasteiger partial charge in [0.1, 0.15) is 0 Å². The third-order valence-electron chi connectivity index (χ3n) is 5.28. The summed E-state index contributed by atoms with van der Waals surface area (Å²) in [4.78, 5) is 26.2. The molecule has 1 amide bonds. The second-order valence-electron chi connectivity index (χ2n) is 7.07. The highest BCUT2D eigenvalue weighted by molar-refractivity contribution is 7.99. The third-order valence-corrected chi connectivity index (χ3v) is 6.37. The second kappa shape index (κ2) is 8.21. The Morgan fingerprint density at radius 1 is 1.26 bits per heavy atom. The third kappa shape index (κ3) is 4.05. The maximum absolute atomic E-state index is 13.2. The van der Waals surface area contributed by atoms with Crippen LogP contribution in [0.1, 0.15) is 46.7 Å². The van der Waals surface area contributed by atoms with Crippen molar-refractivity contribution in [3.8, 4) is 0 Å². The molecule has 0 bridgehead atoms. The summed E-state index contributed by atoms with van der Waals surface area (Å²) in [7, 11) is 0. The molecule has 144 valence electrons. The van der Waals surface area contributed by atoms with Gasteiger partial charge in [-0.05, 0) is 32.4 Å². The van der Waals surface area contributed by atoms with Crippen LogP contribution in [0.3, 0.4) is 0 Å². The molecule has 3 rings (SSSR count). The molecule has 1 aromatic heterocycles. The first kappa shape index (κ1) is 19.5. The van der Waals surface area contributed by atoms with Crippen LogP contribution in [0.2, 0.25) is 0 Å². The fraction of sp³-hybridized carbons (Fsp3) is 0.429. The molecule has 1 aliphatic rings. The van der Waals surface area contributed by atoms with Gasteiger partial charge >= 0.3 is 5.97 Å². The van der Waals surface area contributed by atoms with E-state index in [2.05, 4.69) is 23.6 Å². The Hall–Kier alpha value is -2.21. The Bertz CT molecular complexity index is 831. The summed E-state index contributed by atoms with van der Waals surface area (Å²) in [5.41, 5.74) is 3.84. The number of amides is 1. The Morgan fingerprint density at radius 2 is 1.96 bits per heavy atom. The molecule has 0 aliphatic carbocycles. The average molecular weight is 387 g/mol. The van der Waals surface area contributed by atoms with E-state index in [1.165, 1.54) is 5.56 Å². The lowest BCUT2D eigenvalue weighted by Crippen LogP contribution is -2.47. The average Bonchev–Trinajstić information content (AvgIpc) is 2.95. The van der Waals surface area contributed by atoms with Gasteiger partial charge in [0.25, 0.3) is 5.91 Å². The summed E-state index contributed by atoms with van der Waals surface area (Å²) < 4.78 is 2.19. The number of hydrogen-bond donors (Lipinski definition) is 1. The second-order valence-corrected chi connectivity index (χ2v) is 8.22. The number of aliphatic carboxylic acids is 1. The van der Waals surface area contributed by atoms with E-state index in [-0.39, 0.29) is 24.4 Å².